The number of esters is 3. The molecule has 0 fully saturated rings. The molecule has 0 aromatic carbocycles. The molecule has 0 N–H and O–H groups in total. The summed E-state index contributed by atoms with van der Waals surface area (Å²) in [6, 6.07) is 0. The first-order valence-electron chi connectivity index (χ1n) is 30.0. The molecule has 1 unspecified atom stereocenters. The first-order valence-corrected chi connectivity index (χ1v) is 30.0. The Morgan fingerprint density at radius 3 is 0.907 bits per heavy atom. The average molecular weight is 1030 g/mol. The van der Waals surface area contributed by atoms with Crippen molar-refractivity contribution in [3.05, 3.63) is 158 Å². The summed E-state index contributed by atoms with van der Waals surface area (Å²) in [5.74, 6) is -1.05. The second-order valence-corrected chi connectivity index (χ2v) is 19.1. The zero-order valence-electron chi connectivity index (χ0n) is 48.0. The van der Waals surface area contributed by atoms with E-state index in [1.165, 1.54) is 70.6 Å². The van der Waals surface area contributed by atoms with Crippen molar-refractivity contribution >= 4 is 17.9 Å². The van der Waals surface area contributed by atoms with Gasteiger partial charge >= 0.3 is 17.9 Å². The summed E-state index contributed by atoms with van der Waals surface area (Å²) in [4.78, 5) is 38.2. The minimum absolute atomic E-state index is 0.126. The lowest BCUT2D eigenvalue weighted by molar-refractivity contribution is -0.166. The molecule has 420 valence electrons. The van der Waals surface area contributed by atoms with Gasteiger partial charge in [0, 0.05) is 19.3 Å². The van der Waals surface area contributed by atoms with Crippen LogP contribution in [-0.2, 0) is 28.6 Å². The fraction of sp³-hybridized carbons (Fsp3) is 0.580. The van der Waals surface area contributed by atoms with Gasteiger partial charge in [-0.25, -0.2) is 0 Å². The minimum Gasteiger partial charge on any atom is -0.462 e. The van der Waals surface area contributed by atoms with E-state index in [-0.39, 0.29) is 37.5 Å². The maximum absolute atomic E-state index is 12.9. The van der Waals surface area contributed by atoms with Gasteiger partial charge in [0.1, 0.15) is 13.2 Å². The fourth-order valence-electron chi connectivity index (χ4n) is 7.58. The Balaban J connectivity index is 4.50. The van der Waals surface area contributed by atoms with Crippen LogP contribution in [0.1, 0.15) is 239 Å². The Morgan fingerprint density at radius 1 is 0.280 bits per heavy atom. The molecule has 0 bridgehead atoms. The van der Waals surface area contributed by atoms with Gasteiger partial charge in [-0.2, -0.15) is 0 Å². The van der Waals surface area contributed by atoms with Crippen molar-refractivity contribution in [1.29, 1.82) is 0 Å². The lowest BCUT2D eigenvalue weighted by atomic mass is 10.1. The predicted molar refractivity (Wildman–Crippen MR) is 325 cm³/mol. The van der Waals surface area contributed by atoms with E-state index in [0.717, 1.165) is 122 Å². The molecule has 0 saturated carbocycles. The van der Waals surface area contributed by atoms with Gasteiger partial charge in [0.05, 0.1) is 0 Å². The number of ether oxygens (including phenoxy) is 3. The zero-order valence-corrected chi connectivity index (χ0v) is 48.0. The second kappa shape index (κ2) is 61.6. The number of unbranched alkanes of at least 4 members (excludes halogenated alkanes) is 15. The largest absolute Gasteiger partial charge is 0.462 e. The molecular formula is C69H108O6. The lowest BCUT2D eigenvalue weighted by Crippen LogP contribution is -2.30. The molecule has 0 heterocycles. The van der Waals surface area contributed by atoms with Gasteiger partial charge in [-0.15, -0.1) is 0 Å². The van der Waals surface area contributed by atoms with Crippen LogP contribution in [0.4, 0.5) is 0 Å². The second-order valence-electron chi connectivity index (χ2n) is 19.1. The van der Waals surface area contributed by atoms with Crippen molar-refractivity contribution in [1.82, 2.24) is 0 Å². The molecule has 0 aromatic heterocycles. The molecule has 0 aliphatic heterocycles. The van der Waals surface area contributed by atoms with E-state index in [0.29, 0.717) is 19.3 Å². The maximum Gasteiger partial charge on any atom is 0.306 e. The van der Waals surface area contributed by atoms with E-state index in [9.17, 15) is 14.4 Å². The summed E-state index contributed by atoms with van der Waals surface area (Å²) in [5.41, 5.74) is 0. The summed E-state index contributed by atoms with van der Waals surface area (Å²) >= 11 is 0. The topological polar surface area (TPSA) is 78.9 Å². The van der Waals surface area contributed by atoms with E-state index in [1.54, 1.807) is 0 Å². The molecule has 75 heavy (non-hydrogen) atoms. The number of carbonyl (C=O) groups is 3. The van der Waals surface area contributed by atoms with Crippen LogP contribution in [0.5, 0.6) is 0 Å². The standard InChI is InChI=1S/C69H108O6/c1-4-7-10-13-16-19-22-25-27-29-31-32-33-34-35-36-38-39-41-44-47-50-53-56-59-62-68(71)74-65-66(64-73-67(70)61-58-55-52-49-46-43-24-21-18-15-12-9-6-3)75-69(72)63-60-57-54-51-48-45-42-40-37-30-28-26-23-20-17-14-11-8-5-2/h7,9-10,12,16-21,25-28,31-32,34-35,38-39,43-44,46-47,52,55,66H,4-6,8,11,13-15,22-24,29-30,33,36-37,40-42,45,48-51,53-54,56-65H2,1-3H3/b10-7-,12-9-,19-16-,20-17-,21-18-,27-25-,28-26-,32-31-,35-34-,39-38-,46-43-,47-44-,55-52-. The maximum atomic E-state index is 12.9. The molecule has 0 rings (SSSR count). The summed E-state index contributed by atoms with van der Waals surface area (Å²) in [6.07, 6.45) is 89.7. The monoisotopic (exact) mass is 1030 g/mol. The van der Waals surface area contributed by atoms with E-state index in [4.69, 9.17) is 14.2 Å². The number of hydrogen-bond donors (Lipinski definition) is 0. The van der Waals surface area contributed by atoms with Crippen molar-refractivity contribution in [3.63, 3.8) is 0 Å². The first-order chi connectivity index (χ1) is 37.0. The van der Waals surface area contributed by atoms with Crippen LogP contribution >= 0.6 is 0 Å². The Morgan fingerprint density at radius 2 is 0.547 bits per heavy atom. The van der Waals surface area contributed by atoms with Crippen LogP contribution in [0.25, 0.3) is 0 Å². The summed E-state index contributed by atoms with van der Waals surface area (Å²) in [6.45, 7) is 6.28. The van der Waals surface area contributed by atoms with Crippen molar-refractivity contribution in [2.24, 2.45) is 0 Å². The van der Waals surface area contributed by atoms with Gasteiger partial charge in [-0.3, -0.25) is 14.4 Å². The summed E-state index contributed by atoms with van der Waals surface area (Å²) < 4.78 is 16.8. The predicted octanol–water partition coefficient (Wildman–Crippen LogP) is 20.5. The molecule has 0 saturated heterocycles. The van der Waals surface area contributed by atoms with Gasteiger partial charge in [-0.1, -0.05) is 243 Å². The molecule has 1 atom stereocenters. The highest BCUT2D eigenvalue weighted by Crippen LogP contribution is 2.14. The van der Waals surface area contributed by atoms with Gasteiger partial charge in [0.25, 0.3) is 0 Å². The molecule has 0 aromatic rings. The van der Waals surface area contributed by atoms with E-state index >= 15 is 0 Å². The SMILES string of the molecule is CC/C=C\C/C=C\C/C=C\C/C=C\C/C=C\C/C=C\C/C=C\CCCCCC(=O)OCC(COC(=O)CC/C=C\C/C=C\C/C=C\C/C=C\CC)OC(=O)CCCCCCCCCCC/C=C\C/C=C\CCCCC. The fourth-order valence-corrected chi connectivity index (χ4v) is 7.58. The highest BCUT2D eigenvalue weighted by Gasteiger charge is 2.19. The van der Waals surface area contributed by atoms with Crippen LogP contribution in [0.2, 0.25) is 0 Å². The number of rotatable bonds is 52. The van der Waals surface area contributed by atoms with Crippen molar-refractivity contribution < 1.29 is 28.6 Å². The quantitative estimate of drug-likeness (QED) is 0.0261. The Hall–Kier alpha value is -4.97. The highest BCUT2D eigenvalue weighted by atomic mass is 16.6. The van der Waals surface area contributed by atoms with Crippen molar-refractivity contribution in [2.45, 2.75) is 245 Å². The molecule has 0 aliphatic carbocycles. The van der Waals surface area contributed by atoms with Gasteiger partial charge in [0.15, 0.2) is 6.10 Å². The lowest BCUT2D eigenvalue weighted by Gasteiger charge is -2.18. The van der Waals surface area contributed by atoms with Crippen molar-refractivity contribution in [2.75, 3.05) is 13.2 Å². The summed E-state index contributed by atoms with van der Waals surface area (Å²) in [7, 11) is 0. The molecule has 0 radical (unpaired) electrons. The van der Waals surface area contributed by atoms with Crippen LogP contribution in [-0.4, -0.2) is 37.2 Å². The van der Waals surface area contributed by atoms with Crippen LogP contribution in [0, 0.1) is 0 Å². The molecule has 6 heteroatoms. The molecule has 6 nitrogen and oxygen atoms in total. The number of allylic oxidation sites excluding steroid dienone is 26. The first kappa shape index (κ1) is 70.0. The molecule has 0 amide bonds. The zero-order chi connectivity index (χ0) is 54.3. The highest BCUT2D eigenvalue weighted by molar-refractivity contribution is 5.71. The minimum atomic E-state index is -0.832. The number of carbonyl (C=O) groups excluding carboxylic acids is 3. The van der Waals surface area contributed by atoms with Crippen LogP contribution < -0.4 is 0 Å². The van der Waals surface area contributed by atoms with Gasteiger partial charge in [-0.05, 0) is 135 Å². The van der Waals surface area contributed by atoms with E-state index in [2.05, 4.69) is 167 Å². The molecular weight excluding hydrogens is 925 g/mol. The molecule has 0 aliphatic rings. The average Bonchev–Trinajstić information content (AvgIpc) is 3.41. The molecule has 0 spiro atoms. The Labute approximate surface area is 460 Å². The Kier molecular flexibility index (Phi) is 57.5. The van der Waals surface area contributed by atoms with Crippen LogP contribution in [0.15, 0.2) is 158 Å². The summed E-state index contributed by atoms with van der Waals surface area (Å²) in [5, 5.41) is 0. The third-order valence-corrected chi connectivity index (χ3v) is 12.0. The van der Waals surface area contributed by atoms with Gasteiger partial charge in [0.2, 0.25) is 0 Å². The van der Waals surface area contributed by atoms with Gasteiger partial charge < -0.3 is 14.2 Å². The smallest absolute Gasteiger partial charge is 0.306 e. The normalized spacial score (nSPS) is 13.3. The van der Waals surface area contributed by atoms with Crippen LogP contribution in [0.3, 0.4) is 0 Å². The Bertz CT molecular complexity index is 1710. The number of hydrogen-bond acceptors (Lipinski definition) is 6. The van der Waals surface area contributed by atoms with E-state index in [1.807, 2.05) is 12.2 Å². The van der Waals surface area contributed by atoms with Crippen molar-refractivity contribution in [3.8, 4) is 0 Å². The third kappa shape index (κ3) is 59.8. The van der Waals surface area contributed by atoms with E-state index < -0.39 is 6.10 Å². The third-order valence-electron chi connectivity index (χ3n) is 12.0.